The lowest BCUT2D eigenvalue weighted by molar-refractivity contribution is -0.129. The van der Waals surface area contributed by atoms with Gasteiger partial charge in [0, 0.05) is 12.1 Å². The molecule has 2 N–H and O–H groups in total. The van der Waals surface area contributed by atoms with Crippen molar-refractivity contribution in [3.8, 4) is 5.75 Å². The molecule has 26 heavy (non-hydrogen) atoms. The Balaban J connectivity index is 1.64. The molecule has 0 aliphatic carbocycles. The van der Waals surface area contributed by atoms with Crippen LogP contribution in [0.25, 0.3) is 6.08 Å². The summed E-state index contributed by atoms with van der Waals surface area (Å²) in [4.78, 5) is 37.6. The van der Waals surface area contributed by atoms with Crippen LogP contribution in [0.3, 0.4) is 0 Å². The molecular weight excluding hydrogens is 352 g/mol. The van der Waals surface area contributed by atoms with Gasteiger partial charge in [-0.25, -0.2) is 0 Å². The molecule has 2 aromatic carbocycles. The second-order valence-corrected chi connectivity index (χ2v) is 6.58. The molecule has 0 atom stereocenters. The minimum absolute atomic E-state index is 0.0138. The SMILES string of the molecule is O=C(CN1C(=O)S/C(=C\c2ccccc2O)C1=O)NCc1ccccc1. The maximum atomic E-state index is 12.4. The fourth-order valence-electron chi connectivity index (χ4n) is 2.38. The Bertz CT molecular complexity index is 880. The molecule has 1 saturated heterocycles. The zero-order valence-corrected chi connectivity index (χ0v) is 14.5. The van der Waals surface area contributed by atoms with Crippen molar-refractivity contribution < 1.29 is 19.5 Å². The van der Waals surface area contributed by atoms with Gasteiger partial charge in [0.15, 0.2) is 0 Å². The number of phenols is 1. The minimum atomic E-state index is -0.543. The molecule has 2 aromatic rings. The summed E-state index contributed by atoms with van der Waals surface area (Å²) in [7, 11) is 0. The molecule has 132 valence electrons. The maximum absolute atomic E-state index is 12.4. The monoisotopic (exact) mass is 368 g/mol. The van der Waals surface area contributed by atoms with Crippen LogP contribution in [-0.2, 0) is 16.1 Å². The Morgan fingerprint density at radius 2 is 1.77 bits per heavy atom. The molecule has 1 heterocycles. The average molecular weight is 368 g/mol. The van der Waals surface area contributed by atoms with E-state index in [1.807, 2.05) is 30.3 Å². The normalized spacial score (nSPS) is 15.5. The molecule has 1 aliphatic heterocycles. The summed E-state index contributed by atoms with van der Waals surface area (Å²) in [5, 5.41) is 12.0. The van der Waals surface area contributed by atoms with E-state index in [9.17, 15) is 19.5 Å². The zero-order chi connectivity index (χ0) is 18.5. The number of para-hydroxylation sites is 1. The quantitative estimate of drug-likeness (QED) is 0.793. The predicted molar refractivity (Wildman–Crippen MR) is 99.1 cm³/mol. The van der Waals surface area contributed by atoms with Crippen molar-refractivity contribution in [1.82, 2.24) is 10.2 Å². The van der Waals surface area contributed by atoms with Crippen molar-refractivity contribution in [2.75, 3.05) is 6.54 Å². The van der Waals surface area contributed by atoms with E-state index in [4.69, 9.17) is 0 Å². The fraction of sp³-hybridized carbons (Fsp3) is 0.105. The highest BCUT2D eigenvalue weighted by atomic mass is 32.2. The van der Waals surface area contributed by atoms with Crippen molar-refractivity contribution in [3.63, 3.8) is 0 Å². The number of carbonyl (C=O) groups excluding carboxylic acids is 3. The van der Waals surface area contributed by atoms with Gasteiger partial charge in [0.05, 0.1) is 4.91 Å². The number of hydrogen-bond acceptors (Lipinski definition) is 5. The second-order valence-electron chi connectivity index (χ2n) is 5.59. The van der Waals surface area contributed by atoms with Gasteiger partial charge in [-0.05, 0) is 29.5 Å². The number of rotatable bonds is 5. The van der Waals surface area contributed by atoms with Crippen molar-refractivity contribution >= 4 is 34.9 Å². The number of imide groups is 1. The van der Waals surface area contributed by atoms with Crippen molar-refractivity contribution in [1.29, 1.82) is 0 Å². The van der Waals surface area contributed by atoms with Crippen LogP contribution in [0.1, 0.15) is 11.1 Å². The Kier molecular flexibility index (Phi) is 5.38. The molecule has 3 amide bonds. The first-order valence-corrected chi connectivity index (χ1v) is 8.70. The van der Waals surface area contributed by atoms with Crippen LogP contribution >= 0.6 is 11.8 Å². The molecule has 1 fully saturated rings. The highest BCUT2D eigenvalue weighted by molar-refractivity contribution is 8.18. The number of nitrogens with one attached hydrogen (secondary N) is 1. The summed E-state index contributed by atoms with van der Waals surface area (Å²) >= 11 is 0.749. The van der Waals surface area contributed by atoms with E-state index in [1.165, 1.54) is 12.1 Å². The number of thioether (sulfide) groups is 1. The molecule has 6 nitrogen and oxygen atoms in total. The van der Waals surface area contributed by atoms with Crippen molar-refractivity contribution in [2.45, 2.75) is 6.54 Å². The predicted octanol–water partition coefficient (Wildman–Crippen LogP) is 2.74. The summed E-state index contributed by atoms with van der Waals surface area (Å²) in [6.45, 7) is -0.0146. The van der Waals surface area contributed by atoms with Gasteiger partial charge in [0.25, 0.3) is 11.1 Å². The number of hydrogen-bond donors (Lipinski definition) is 2. The van der Waals surface area contributed by atoms with Crippen molar-refractivity contribution in [3.05, 3.63) is 70.6 Å². The number of benzene rings is 2. The highest BCUT2D eigenvalue weighted by Gasteiger charge is 2.36. The summed E-state index contributed by atoms with van der Waals surface area (Å²) in [5.41, 5.74) is 1.36. The first-order valence-electron chi connectivity index (χ1n) is 7.88. The third kappa shape index (κ3) is 4.12. The van der Waals surface area contributed by atoms with Gasteiger partial charge in [0.2, 0.25) is 5.91 Å². The summed E-state index contributed by atoms with van der Waals surface area (Å²) in [6, 6.07) is 15.8. The smallest absolute Gasteiger partial charge is 0.294 e. The Morgan fingerprint density at radius 1 is 1.08 bits per heavy atom. The van der Waals surface area contributed by atoms with Crippen LogP contribution in [0.2, 0.25) is 0 Å². The summed E-state index contributed by atoms with van der Waals surface area (Å²) < 4.78 is 0. The standard InChI is InChI=1S/C19H16N2O4S/c22-15-9-5-4-8-14(15)10-16-18(24)21(19(25)26-16)12-17(23)20-11-13-6-2-1-3-7-13/h1-10,22H,11-12H2,(H,20,23)/b16-10-. The van der Waals surface area contributed by atoms with Gasteiger partial charge in [-0.15, -0.1) is 0 Å². The molecule has 0 radical (unpaired) electrons. The fourth-order valence-corrected chi connectivity index (χ4v) is 3.21. The third-order valence-corrected chi connectivity index (χ3v) is 4.64. The zero-order valence-electron chi connectivity index (χ0n) is 13.7. The molecule has 1 aliphatic rings. The Morgan fingerprint density at radius 3 is 2.50 bits per heavy atom. The van der Waals surface area contributed by atoms with Gasteiger partial charge in [0.1, 0.15) is 12.3 Å². The second kappa shape index (κ2) is 7.88. The lowest BCUT2D eigenvalue weighted by atomic mass is 10.2. The van der Waals surface area contributed by atoms with Crippen LogP contribution in [0, 0.1) is 0 Å². The molecule has 0 bridgehead atoms. The summed E-state index contributed by atoms with van der Waals surface area (Å²) in [6.07, 6.45) is 1.45. The van der Waals surface area contributed by atoms with Crippen LogP contribution in [-0.4, -0.2) is 33.6 Å². The summed E-state index contributed by atoms with van der Waals surface area (Å²) in [5.74, 6) is -0.946. The van der Waals surface area contributed by atoms with E-state index in [2.05, 4.69) is 5.32 Å². The Labute approximate surface area is 154 Å². The van der Waals surface area contributed by atoms with Gasteiger partial charge in [-0.1, -0.05) is 48.5 Å². The third-order valence-electron chi connectivity index (χ3n) is 3.73. The van der Waals surface area contributed by atoms with Crippen molar-refractivity contribution in [2.24, 2.45) is 0 Å². The topological polar surface area (TPSA) is 86.7 Å². The average Bonchev–Trinajstić information content (AvgIpc) is 2.90. The highest BCUT2D eigenvalue weighted by Crippen LogP contribution is 2.33. The first-order chi connectivity index (χ1) is 12.5. The van der Waals surface area contributed by atoms with Crippen LogP contribution in [0.15, 0.2) is 59.5 Å². The number of amides is 3. The van der Waals surface area contributed by atoms with Crippen LogP contribution in [0.4, 0.5) is 4.79 Å². The maximum Gasteiger partial charge on any atom is 0.294 e. The van der Waals surface area contributed by atoms with Crippen LogP contribution < -0.4 is 5.32 Å². The molecule has 0 aromatic heterocycles. The van der Waals surface area contributed by atoms with E-state index in [1.54, 1.807) is 18.2 Å². The lowest BCUT2D eigenvalue weighted by Gasteiger charge is -2.12. The number of carbonyl (C=O) groups is 3. The van der Waals surface area contributed by atoms with E-state index >= 15 is 0 Å². The lowest BCUT2D eigenvalue weighted by Crippen LogP contribution is -2.39. The van der Waals surface area contributed by atoms with E-state index < -0.39 is 17.1 Å². The van der Waals surface area contributed by atoms with E-state index in [0.29, 0.717) is 12.1 Å². The number of nitrogens with zero attached hydrogens (tertiary/aromatic N) is 1. The molecule has 7 heteroatoms. The van der Waals surface area contributed by atoms with Gasteiger partial charge < -0.3 is 10.4 Å². The van der Waals surface area contributed by atoms with Gasteiger partial charge in [-0.3, -0.25) is 19.3 Å². The van der Waals surface area contributed by atoms with E-state index in [-0.39, 0.29) is 17.2 Å². The molecule has 0 spiro atoms. The van der Waals surface area contributed by atoms with Gasteiger partial charge in [-0.2, -0.15) is 0 Å². The van der Waals surface area contributed by atoms with E-state index in [0.717, 1.165) is 22.2 Å². The molecule has 0 unspecified atom stereocenters. The Hall–Kier alpha value is -3.06. The molecule has 3 rings (SSSR count). The number of phenolic OH excluding ortho intramolecular Hbond substituents is 1. The minimum Gasteiger partial charge on any atom is -0.507 e. The molecular formula is C19H16N2O4S. The number of aromatic hydroxyl groups is 1. The van der Waals surface area contributed by atoms with Gasteiger partial charge >= 0.3 is 0 Å². The van der Waals surface area contributed by atoms with Crippen LogP contribution in [0.5, 0.6) is 5.75 Å². The largest absolute Gasteiger partial charge is 0.507 e. The first kappa shape index (κ1) is 17.8. The molecule has 0 saturated carbocycles.